The zero-order valence-corrected chi connectivity index (χ0v) is 15.4. The number of hydrogen-bond acceptors (Lipinski definition) is 4. The number of amides is 5. The minimum atomic E-state index is -1.27. The zero-order chi connectivity index (χ0) is 21.0. The van der Waals surface area contributed by atoms with Crippen LogP contribution in [0.3, 0.4) is 0 Å². The van der Waals surface area contributed by atoms with Gasteiger partial charge in [0.15, 0.2) is 0 Å². The van der Waals surface area contributed by atoms with Crippen LogP contribution in [0, 0.1) is 5.82 Å². The first-order valence-electron chi connectivity index (χ1n) is 8.91. The summed E-state index contributed by atoms with van der Waals surface area (Å²) in [5, 5.41) is 0.809. The Morgan fingerprint density at radius 2 is 1.69 bits per heavy atom. The summed E-state index contributed by atoms with van der Waals surface area (Å²) in [6.45, 7) is 0. The average Bonchev–Trinajstić information content (AvgIpc) is 2.92. The van der Waals surface area contributed by atoms with Gasteiger partial charge in [0, 0.05) is 6.42 Å². The molecule has 0 radical (unpaired) electrons. The maximum atomic E-state index is 13.2. The SMILES string of the molecule is NC(=O)C[C@@H]1C(=O)N(c2ccc(F)cc2)C(=O)N1NC(=O)CCc1ccccc1. The number of hydrazine groups is 1. The van der Waals surface area contributed by atoms with Gasteiger partial charge in [-0.1, -0.05) is 30.3 Å². The van der Waals surface area contributed by atoms with Crippen LogP contribution < -0.4 is 16.1 Å². The summed E-state index contributed by atoms with van der Waals surface area (Å²) in [5.74, 6) is -2.57. The van der Waals surface area contributed by atoms with E-state index in [9.17, 15) is 23.6 Å². The lowest BCUT2D eigenvalue weighted by Gasteiger charge is -2.21. The average molecular weight is 398 g/mol. The first-order chi connectivity index (χ1) is 13.9. The molecule has 3 rings (SSSR count). The smallest absolute Gasteiger partial charge is 0.350 e. The normalized spacial score (nSPS) is 16.2. The molecule has 5 amide bonds. The number of primary amides is 1. The molecule has 150 valence electrons. The molecule has 1 saturated heterocycles. The molecule has 2 aromatic rings. The number of halogens is 1. The first kappa shape index (κ1) is 20.0. The summed E-state index contributed by atoms with van der Waals surface area (Å²) in [5.41, 5.74) is 8.66. The van der Waals surface area contributed by atoms with Crippen LogP contribution in [0.1, 0.15) is 18.4 Å². The van der Waals surface area contributed by atoms with Crippen LogP contribution in [0.15, 0.2) is 54.6 Å². The van der Waals surface area contributed by atoms with Gasteiger partial charge < -0.3 is 5.73 Å². The van der Waals surface area contributed by atoms with Gasteiger partial charge in [-0.3, -0.25) is 19.8 Å². The van der Waals surface area contributed by atoms with Gasteiger partial charge in [-0.25, -0.2) is 19.1 Å². The molecule has 8 nitrogen and oxygen atoms in total. The van der Waals surface area contributed by atoms with Crippen molar-refractivity contribution in [3.8, 4) is 0 Å². The van der Waals surface area contributed by atoms with Gasteiger partial charge in [0.25, 0.3) is 5.91 Å². The molecule has 0 aromatic heterocycles. The van der Waals surface area contributed by atoms with Gasteiger partial charge in [-0.05, 0) is 36.2 Å². The highest BCUT2D eigenvalue weighted by Crippen LogP contribution is 2.25. The Kier molecular flexibility index (Phi) is 5.87. The van der Waals surface area contributed by atoms with Crippen molar-refractivity contribution >= 4 is 29.4 Å². The second-order valence-electron chi connectivity index (χ2n) is 6.51. The van der Waals surface area contributed by atoms with E-state index in [1.165, 1.54) is 12.1 Å². The Labute approximate surface area is 166 Å². The molecule has 9 heteroatoms. The van der Waals surface area contributed by atoms with Gasteiger partial charge in [-0.15, -0.1) is 0 Å². The molecular weight excluding hydrogens is 379 g/mol. The largest absolute Gasteiger partial charge is 0.370 e. The van der Waals surface area contributed by atoms with E-state index in [2.05, 4.69) is 5.43 Å². The summed E-state index contributed by atoms with van der Waals surface area (Å²) in [7, 11) is 0. The molecular formula is C20H19FN4O4. The van der Waals surface area contributed by atoms with Crippen LogP contribution in [-0.2, 0) is 20.8 Å². The molecule has 0 saturated carbocycles. The van der Waals surface area contributed by atoms with E-state index in [-0.39, 0.29) is 12.1 Å². The molecule has 1 fully saturated rings. The van der Waals surface area contributed by atoms with Crippen molar-refractivity contribution in [3.63, 3.8) is 0 Å². The van der Waals surface area contributed by atoms with E-state index >= 15 is 0 Å². The molecule has 2 aromatic carbocycles. The summed E-state index contributed by atoms with van der Waals surface area (Å²) in [6, 6.07) is 11.9. The maximum Gasteiger partial charge on any atom is 0.350 e. The van der Waals surface area contributed by atoms with Gasteiger partial charge >= 0.3 is 6.03 Å². The minimum absolute atomic E-state index is 0.0713. The highest BCUT2D eigenvalue weighted by molar-refractivity contribution is 6.22. The molecule has 0 unspecified atom stereocenters. The number of benzene rings is 2. The van der Waals surface area contributed by atoms with E-state index in [4.69, 9.17) is 5.73 Å². The van der Waals surface area contributed by atoms with E-state index in [1.807, 2.05) is 30.3 Å². The van der Waals surface area contributed by atoms with Crippen molar-refractivity contribution in [1.29, 1.82) is 0 Å². The lowest BCUT2D eigenvalue weighted by Crippen LogP contribution is -2.50. The highest BCUT2D eigenvalue weighted by atomic mass is 19.1. The van der Waals surface area contributed by atoms with Crippen molar-refractivity contribution < 1.29 is 23.6 Å². The fraction of sp³-hybridized carbons (Fsp3) is 0.200. The standard InChI is InChI=1S/C20H19FN4O4/c21-14-7-9-15(10-8-14)24-19(28)16(12-17(22)26)25(20(24)29)23-18(27)11-6-13-4-2-1-3-5-13/h1-5,7-10,16H,6,11-12H2,(H2,22,26)(H,23,27)/t16-/m1/s1. The predicted molar refractivity (Wildman–Crippen MR) is 102 cm³/mol. The van der Waals surface area contributed by atoms with Crippen molar-refractivity contribution in [2.75, 3.05) is 4.90 Å². The Morgan fingerprint density at radius 1 is 1.03 bits per heavy atom. The molecule has 0 aliphatic carbocycles. The number of anilines is 1. The Hall–Kier alpha value is -3.75. The number of carbonyl (C=O) groups is 4. The van der Waals surface area contributed by atoms with E-state index < -0.39 is 42.0 Å². The van der Waals surface area contributed by atoms with Crippen LogP contribution >= 0.6 is 0 Å². The molecule has 0 spiro atoms. The monoisotopic (exact) mass is 398 g/mol. The third-order valence-corrected chi connectivity index (χ3v) is 4.42. The molecule has 29 heavy (non-hydrogen) atoms. The van der Waals surface area contributed by atoms with Crippen molar-refractivity contribution in [3.05, 3.63) is 66.0 Å². The summed E-state index contributed by atoms with van der Waals surface area (Å²) >= 11 is 0. The van der Waals surface area contributed by atoms with Crippen LogP contribution in [-0.4, -0.2) is 34.8 Å². The molecule has 3 N–H and O–H groups in total. The second-order valence-corrected chi connectivity index (χ2v) is 6.51. The number of hydrogen-bond donors (Lipinski definition) is 2. The number of carbonyl (C=O) groups excluding carboxylic acids is 4. The number of aryl methyl sites for hydroxylation is 1. The predicted octanol–water partition coefficient (Wildman–Crippen LogP) is 1.50. The Bertz CT molecular complexity index is 933. The summed E-state index contributed by atoms with van der Waals surface area (Å²) in [6.07, 6.45) is 0.0495. The number of rotatable bonds is 7. The summed E-state index contributed by atoms with van der Waals surface area (Å²) in [4.78, 5) is 50.0. The van der Waals surface area contributed by atoms with Gasteiger partial charge in [0.1, 0.15) is 11.9 Å². The maximum absolute atomic E-state index is 13.2. The first-order valence-corrected chi connectivity index (χ1v) is 8.91. The number of imide groups is 1. The number of nitrogens with two attached hydrogens (primary N) is 1. The van der Waals surface area contributed by atoms with Crippen molar-refractivity contribution in [2.45, 2.75) is 25.3 Å². The molecule has 1 heterocycles. The van der Waals surface area contributed by atoms with E-state index in [0.29, 0.717) is 6.42 Å². The lowest BCUT2D eigenvalue weighted by molar-refractivity contribution is -0.130. The fourth-order valence-corrected chi connectivity index (χ4v) is 3.01. The second kappa shape index (κ2) is 8.51. The number of nitrogens with zero attached hydrogens (tertiary/aromatic N) is 2. The van der Waals surface area contributed by atoms with Gasteiger partial charge in [-0.2, -0.15) is 0 Å². The molecule has 0 bridgehead atoms. The Balaban J connectivity index is 1.76. The topological polar surface area (TPSA) is 113 Å². The Morgan fingerprint density at radius 3 is 2.31 bits per heavy atom. The zero-order valence-electron chi connectivity index (χ0n) is 15.4. The van der Waals surface area contributed by atoms with Gasteiger partial charge in [0.2, 0.25) is 11.8 Å². The number of nitrogens with one attached hydrogen (secondary N) is 1. The van der Waals surface area contributed by atoms with Crippen LogP contribution in [0.25, 0.3) is 0 Å². The fourth-order valence-electron chi connectivity index (χ4n) is 3.01. The van der Waals surface area contributed by atoms with E-state index in [0.717, 1.165) is 27.6 Å². The van der Waals surface area contributed by atoms with Crippen LogP contribution in [0.5, 0.6) is 0 Å². The lowest BCUT2D eigenvalue weighted by atomic mass is 10.1. The minimum Gasteiger partial charge on any atom is -0.370 e. The van der Waals surface area contributed by atoms with Crippen molar-refractivity contribution in [1.82, 2.24) is 10.4 Å². The number of urea groups is 1. The molecule has 1 aliphatic heterocycles. The molecule has 1 atom stereocenters. The quantitative estimate of drug-likeness (QED) is 0.688. The molecule has 1 aliphatic rings. The third-order valence-electron chi connectivity index (χ3n) is 4.42. The van der Waals surface area contributed by atoms with Crippen LogP contribution in [0.2, 0.25) is 0 Å². The van der Waals surface area contributed by atoms with Crippen LogP contribution in [0.4, 0.5) is 14.9 Å². The summed E-state index contributed by atoms with van der Waals surface area (Å²) < 4.78 is 13.2. The third kappa shape index (κ3) is 4.57. The highest BCUT2D eigenvalue weighted by Gasteiger charge is 2.47. The van der Waals surface area contributed by atoms with Crippen molar-refractivity contribution in [2.24, 2.45) is 5.73 Å². The van der Waals surface area contributed by atoms with Gasteiger partial charge in [0.05, 0.1) is 12.1 Å². The van der Waals surface area contributed by atoms with E-state index in [1.54, 1.807) is 0 Å².